The van der Waals surface area contributed by atoms with Crippen LogP contribution in [0.4, 0.5) is 0 Å². The summed E-state index contributed by atoms with van der Waals surface area (Å²) >= 11 is 0. The largest absolute Gasteiger partial charge is 0.351 e. The van der Waals surface area contributed by atoms with Crippen molar-refractivity contribution in [1.82, 2.24) is 23.8 Å². The minimum Gasteiger partial charge on any atom is -0.351 e. The molecule has 142 valence electrons. The van der Waals surface area contributed by atoms with E-state index in [1.165, 1.54) is 29.1 Å². The number of imidazole rings is 1. The van der Waals surface area contributed by atoms with Gasteiger partial charge in [-0.15, -0.1) is 0 Å². The number of aryl methyl sites for hydroxylation is 1. The van der Waals surface area contributed by atoms with Crippen LogP contribution in [0.25, 0.3) is 10.9 Å². The average molecular weight is 389 g/mol. The van der Waals surface area contributed by atoms with E-state index in [9.17, 15) is 18.0 Å². The fourth-order valence-corrected chi connectivity index (χ4v) is 4.51. The van der Waals surface area contributed by atoms with Gasteiger partial charge in [-0.25, -0.2) is 22.9 Å². The van der Waals surface area contributed by atoms with Gasteiger partial charge in [-0.1, -0.05) is 0 Å². The van der Waals surface area contributed by atoms with E-state index >= 15 is 0 Å². The summed E-state index contributed by atoms with van der Waals surface area (Å²) in [6, 6.07) is 4.22. The molecule has 0 saturated heterocycles. The molecule has 3 aromatic rings. The van der Waals surface area contributed by atoms with Crippen LogP contribution in [0.3, 0.4) is 0 Å². The lowest BCUT2D eigenvalue weighted by Crippen LogP contribution is -2.39. The maximum atomic E-state index is 12.9. The van der Waals surface area contributed by atoms with Crippen molar-refractivity contribution in [1.29, 1.82) is 0 Å². The van der Waals surface area contributed by atoms with Crippen LogP contribution >= 0.6 is 0 Å². The minimum absolute atomic E-state index is 0.00174. The zero-order valence-corrected chi connectivity index (χ0v) is 15.7. The smallest absolute Gasteiger partial charge is 0.331 e. The van der Waals surface area contributed by atoms with Crippen LogP contribution in [0, 0.1) is 0 Å². The number of H-pyrrole nitrogens is 1. The van der Waals surface area contributed by atoms with Gasteiger partial charge in [0.15, 0.2) is 0 Å². The molecule has 0 aliphatic heterocycles. The van der Waals surface area contributed by atoms with E-state index in [1.54, 1.807) is 13.2 Å². The van der Waals surface area contributed by atoms with Crippen molar-refractivity contribution in [3.63, 3.8) is 0 Å². The Labute approximate surface area is 154 Å². The molecule has 1 fully saturated rings. The van der Waals surface area contributed by atoms with E-state index in [4.69, 9.17) is 0 Å². The topological polar surface area (TPSA) is 119 Å². The summed E-state index contributed by atoms with van der Waals surface area (Å²) in [4.78, 5) is 32.3. The van der Waals surface area contributed by atoms with E-state index in [2.05, 4.69) is 14.7 Å². The van der Waals surface area contributed by atoms with Crippen LogP contribution in [-0.4, -0.2) is 33.1 Å². The third-order valence-corrected chi connectivity index (χ3v) is 6.52. The number of sulfonamides is 1. The van der Waals surface area contributed by atoms with Gasteiger partial charge in [-0.05, 0) is 38.0 Å². The first kappa shape index (κ1) is 17.7. The van der Waals surface area contributed by atoms with Crippen LogP contribution in [0.15, 0.2) is 45.2 Å². The molecule has 1 aliphatic rings. The zero-order chi connectivity index (χ0) is 19.4. The molecule has 1 saturated carbocycles. The summed E-state index contributed by atoms with van der Waals surface area (Å²) in [6.07, 6.45) is 4.62. The first-order valence-corrected chi connectivity index (χ1v) is 9.94. The highest BCUT2D eigenvalue weighted by Gasteiger charge is 2.41. The van der Waals surface area contributed by atoms with E-state index in [0.717, 1.165) is 17.4 Å². The lowest BCUT2D eigenvalue weighted by Gasteiger charge is -2.14. The van der Waals surface area contributed by atoms with Crippen LogP contribution in [0.1, 0.15) is 25.5 Å². The Kier molecular flexibility index (Phi) is 3.86. The summed E-state index contributed by atoms with van der Waals surface area (Å²) in [5, 5.41) is 0.163. The van der Waals surface area contributed by atoms with Crippen LogP contribution in [0.2, 0.25) is 0 Å². The lowest BCUT2D eigenvalue weighted by molar-refractivity contribution is 0.558. The van der Waals surface area contributed by atoms with Crippen LogP contribution in [-0.2, 0) is 23.6 Å². The van der Waals surface area contributed by atoms with E-state index in [0.29, 0.717) is 11.2 Å². The van der Waals surface area contributed by atoms with Gasteiger partial charge >= 0.3 is 5.69 Å². The van der Waals surface area contributed by atoms with E-state index in [-0.39, 0.29) is 16.8 Å². The Bertz CT molecular complexity index is 1250. The number of fused-ring (bicyclic) bond motifs is 1. The number of hydrogen-bond acceptors (Lipinski definition) is 5. The molecule has 4 rings (SSSR count). The number of aromatic amines is 1. The molecule has 0 radical (unpaired) electrons. The maximum absolute atomic E-state index is 12.9. The third-order valence-electron chi connectivity index (χ3n) is 4.89. The molecule has 0 atom stereocenters. The van der Waals surface area contributed by atoms with Gasteiger partial charge in [0.25, 0.3) is 5.56 Å². The summed E-state index contributed by atoms with van der Waals surface area (Å²) in [6.45, 7) is 1.84. The summed E-state index contributed by atoms with van der Waals surface area (Å²) in [5.74, 6) is 0. The molecule has 0 bridgehead atoms. The van der Waals surface area contributed by atoms with E-state index in [1.807, 2.05) is 6.92 Å². The standard InChI is InChI=1S/C17H19N5O4S/c1-17(5-6-17)20-27(25,26)12-3-4-14-13(7-12)15(23)22(16(24)21(14)2)9-11-8-18-10-19-11/h3-4,7-8,10,20H,5-6,9H2,1-2H3,(H,18,19). The molecule has 9 nitrogen and oxygen atoms in total. The van der Waals surface area contributed by atoms with Gasteiger partial charge in [0.2, 0.25) is 10.0 Å². The molecule has 0 unspecified atom stereocenters. The van der Waals surface area contributed by atoms with Crippen molar-refractivity contribution in [2.24, 2.45) is 7.05 Å². The Hall–Kier alpha value is -2.72. The van der Waals surface area contributed by atoms with Crippen LogP contribution in [0.5, 0.6) is 0 Å². The summed E-state index contributed by atoms with van der Waals surface area (Å²) in [5.41, 5.74) is -0.557. The van der Waals surface area contributed by atoms with E-state index < -0.39 is 26.8 Å². The van der Waals surface area contributed by atoms with Gasteiger partial charge < -0.3 is 4.98 Å². The van der Waals surface area contributed by atoms with Crippen molar-refractivity contribution in [2.45, 2.75) is 36.7 Å². The quantitative estimate of drug-likeness (QED) is 0.651. The second kappa shape index (κ2) is 5.89. The van der Waals surface area contributed by atoms with Crippen molar-refractivity contribution >= 4 is 20.9 Å². The molecular weight excluding hydrogens is 370 g/mol. The molecular formula is C17H19N5O4S. The highest BCUT2D eigenvalue weighted by atomic mass is 32.2. The molecule has 1 aromatic carbocycles. The van der Waals surface area contributed by atoms with Crippen molar-refractivity contribution in [3.8, 4) is 0 Å². The molecule has 10 heteroatoms. The molecule has 2 aromatic heterocycles. The predicted octanol–water partition coefficient (Wildman–Crippen LogP) is 0.302. The molecule has 0 spiro atoms. The number of hydrogen-bond donors (Lipinski definition) is 2. The first-order valence-electron chi connectivity index (χ1n) is 8.45. The van der Waals surface area contributed by atoms with Gasteiger partial charge in [0.1, 0.15) is 0 Å². The maximum Gasteiger partial charge on any atom is 0.331 e. The molecule has 27 heavy (non-hydrogen) atoms. The lowest BCUT2D eigenvalue weighted by atomic mass is 10.2. The van der Waals surface area contributed by atoms with Gasteiger partial charge in [-0.2, -0.15) is 0 Å². The monoisotopic (exact) mass is 389 g/mol. The summed E-state index contributed by atoms with van der Waals surface area (Å²) < 4.78 is 30.3. The average Bonchev–Trinajstić information content (AvgIpc) is 3.12. The zero-order valence-electron chi connectivity index (χ0n) is 14.9. The van der Waals surface area contributed by atoms with Gasteiger partial charge in [0.05, 0.1) is 34.4 Å². The highest BCUT2D eigenvalue weighted by Crippen LogP contribution is 2.36. The Morgan fingerprint density at radius 2 is 2.04 bits per heavy atom. The summed E-state index contributed by atoms with van der Waals surface area (Å²) in [7, 11) is -2.21. The highest BCUT2D eigenvalue weighted by molar-refractivity contribution is 7.89. The number of nitrogens with zero attached hydrogens (tertiary/aromatic N) is 3. The molecule has 2 heterocycles. The Morgan fingerprint density at radius 1 is 1.30 bits per heavy atom. The Balaban J connectivity index is 1.87. The Morgan fingerprint density at radius 3 is 2.67 bits per heavy atom. The minimum atomic E-state index is -3.75. The van der Waals surface area contributed by atoms with Gasteiger partial charge in [-0.3, -0.25) is 13.9 Å². The normalized spacial score (nSPS) is 15.9. The van der Waals surface area contributed by atoms with Gasteiger partial charge in [0, 0.05) is 18.8 Å². The molecule has 0 amide bonds. The van der Waals surface area contributed by atoms with Crippen LogP contribution < -0.4 is 16.0 Å². The SMILES string of the molecule is Cn1c(=O)n(Cc2c[nH]cn2)c(=O)c2cc(S(=O)(=O)NC3(C)CC3)ccc21. The fourth-order valence-electron chi connectivity index (χ4n) is 3.01. The van der Waals surface area contributed by atoms with Crippen molar-refractivity contribution in [2.75, 3.05) is 0 Å². The molecule has 1 aliphatic carbocycles. The third kappa shape index (κ3) is 3.10. The predicted molar refractivity (Wildman–Crippen MR) is 99.1 cm³/mol. The number of nitrogens with one attached hydrogen (secondary N) is 2. The first-order chi connectivity index (χ1) is 12.7. The fraction of sp³-hybridized carbons (Fsp3) is 0.353. The second-order valence-electron chi connectivity index (χ2n) is 7.14. The number of aromatic nitrogens is 4. The second-order valence-corrected chi connectivity index (χ2v) is 8.82. The van der Waals surface area contributed by atoms with Crippen molar-refractivity contribution in [3.05, 3.63) is 57.3 Å². The van der Waals surface area contributed by atoms with Crippen molar-refractivity contribution < 1.29 is 8.42 Å². The number of benzene rings is 1. The molecule has 2 N–H and O–H groups in total. The number of rotatable bonds is 5.